The zero-order chi connectivity index (χ0) is 30.7. The van der Waals surface area contributed by atoms with Crippen LogP contribution in [0.5, 0.6) is 0 Å². The molecule has 10 nitrogen and oxygen atoms in total. The van der Waals surface area contributed by atoms with E-state index >= 15 is 0 Å². The van der Waals surface area contributed by atoms with E-state index in [1.54, 1.807) is 23.1 Å². The van der Waals surface area contributed by atoms with Crippen LogP contribution in [-0.2, 0) is 35.2 Å². The van der Waals surface area contributed by atoms with Gasteiger partial charge in [-0.05, 0) is 24.0 Å². The highest BCUT2D eigenvalue weighted by molar-refractivity contribution is 5.99. The van der Waals surface area contributed by atoms with E-state index in [1.807, 2.05) is 66.7 Å². The van der Waals surface area contributed by atoms with Gasteiger partial charge in [0.05, 0.1) is 18.6 Å². The summed E-state index contributed by atoms with van der Waals surface area (Å²) in [6.45, 7) is 0.717. The molecule has 0 unspecified atom stereocenters. The zero-order valence-corrected chi connectivity index (χ0v) is 24.4. The molecule has 4 aliphatic rings. The van der Waals surface area contributed by atoms with Crippen LogP contribution in [-0.4, -0.2) is 82.6 Å². The Bertz CT molecular complexity index is 1450. The first kappa shape index (κ1) is 29.8. The van der Waals surface area contributed by atoms with Crippen molar-refractivity contribution in [2.75, 3.05) is 26.2 Å². The van der Waals surface area contributed by atoms with Gasteiger partial charge in [0.2, 0.25) is 17.7 Å². The highest BCUT2D eigenvalue weighted by Crippen LogP contribution is 2.53. The minimum Gasteiger partial charge on any atom is -0.455 e. The number of aliphatic hydroxyl groups excluding tert-OH is 1. The molecule has 0 radical (unpaired) electrons. The molecule has 230 valence electrons. The van der Waals surface area contributed by atoms with E-state index in [2.05, 4.69) is 5.32 Å². The maximum absolute atomic E-state index is 14.4. The number of cyclic esters (lactones) is 1. The summed E-state index contributed by atoms with van der Waals surface area (Å²) in [4.78, 5) is 58.5. The Balaban J connectivity index is 1.39. The van der Waals surface area contributed by atoms with E-state index in [4.69, 9.17) is 9.47 Å². The van der Waals surface area contributed by atoms with Crippen molar-refractivity contribution in [1.82, 2.24) is 15.1 Å². The third-order valence-electron chi connectivity index (χ3n) is 8.90. The summed E-state index contributed by atoms with van der Waals surface area (Å²) in [7, 11) is 0. The van der Waals surface area contributed by atoms with Crippen LogP contribution >= 0.6 is 0 Å². The Morgan fingerprint density at radius 2 is 1.70 bits per heavy atom. The van der Waals surface area contributed by atoms with Crippen molar-refractivity contribution in [2.45, 2.75) is 49.7 Å². The van der Waals surface area contributed by atoms with Gasteiger partial charge in [-0.1, -0.05) is 85.0 Å². The minimum absolute atomic E-state index is 0.0817. The SMILES string of the molecule is O=C1CC/C=C\[C@@H]2O[C@@]34C=CCN(Cc5ccccc5)C(=O)[C@@H]3N(CCCO)C(=O)[C@H]4[C@@H]2C(=O)O[C@@H](c2ccccc2)CN1. The first-order valence-corrected chi connectivity index (χ1v) is 15.2. The van der Waals surface area contributed by atoms with E-state index in [9.17, 15) is 24.3 Å². The number of rotatable bonds is 6. The maximum Gasteiger partial charge on any atom is 0.313 e. The zero-order valence-electron chi connectivity index (χ0n) is 24.4. The Morgan fingerprint density at radius 1 is 0.955 bits per heavy atom. The third kappa shape index (κ3) is 5.55. The molecule has 3 amide bonds. The lowest BCUT2D eigenvalue weighted by Crippen LogP contribution is -2.55. The summed E-state index contributed by atoms with van der Waals surface area (Å²) < 4.78 is 12.8. The lowest BCUT2D eigenvalue weighted by Gasteiger charge is -2.35. The average Bonchev–Trinajstić information content (AvgIpc) is 3.42. The number of likely N-dealkylation sites (tertiary alicyclic amines) is 1. The normalized spacial score (nSPS) is 31.2. The molecular weight excluding hydrogens is 562 g/mol. The maximum atomic E-state index is 14.4. The first-order chi connectivity index (χ1) is 21.4. The van der Waals surface area contributed by atoms with Gasteiger partial charge in [0.25, 0.3) is 0 Å². The van der Waals surface area contributed by atoms with Crippen LogP contribution in [0.2, 0.25) is 0 Å². The Labute approximate surface area is 256 Å². The third-order valence-corrected chi connectivity index (χ3v) is 8.90. The Kier molecular flexibility index (Phi) is 8.63. The van der Waals surface area contributed by atoms with E-state index in [1.165, 1.54) is 4.90 Å². The number of carbonyl (C=O) groups is 4. The summed E-state index contributed by atoms with van der Waals surface area (Å²) in [6.07, 6.45) is 6.43. The molecule has 2 aromatic carbocycles. The smallest absolute Gasteiger partial charge is 0.313 e. The summed E-state index contributed by atoms with van der Waals surface area (Å²) in [6, 6.07) is 17.7. The van der Waals surface area contributed by atoms with Crippen molar-refractivity contribution in [3.05, 3.63) is 96.1 Å². The molecule has 2 N–H and O–H groups in total. The molecule has 0 aliphatic carbocycles. The van der Waals surface area contributed by atoms with E-state index in [-0.39, 0.29) is 50.3 Å². The predicted molar refractivity (Wildman–Crippen MR) is 159 cm³/mol. The molecular formula is C34H37N3O7. The number of nitrogens with one attached hydrogen (secondary N) is 1. The number of hydrogen-bond acceptors (Lipinski definition) is 7. The molecule has 0 saturated carbocycles. The fraction of sp³-hybridized carbons (Fsp3) is 0.412. The standard InChI is InChI=1S/C34H37N3O7/c38-20-10-19-37-30-32(41)36(22-23-11-3-1-4-12-23)18-9-17-34(30)29(31(37)40)28-25(44-34)15-7-8-16-27(39)35-21-26(43-33(28)42)24-13-5-2-6-14-24/h1-7,9,11-15,17,25-26,28-30,38H,8,10,16,18-22H2,(H,35,39)/b15-7-/t25-,26+,28+,29+,30-,34+/m0/s1. The van der Waals surface area contributed by atoms with Crippen molar-refractivity contribution >= 4 is 23.7 Å². The highest BCUT2D eigenvalue weighted by Gasteiger charge is 2.71. The van der Waals surface area contributed by atoms with E-state index in [0.717, 1.165) is 5.56 Å². The van der Waals surface area contributed by atoms with Crippen molar-refractivity contribution in [1.29, 1.82) is 0 Å². The number of allylic oxidation sites excluding steroid dienone is 1. The Morgan fingerprint density at radius 3 is 2.45 bits per heavy atom. The van der Waals surface area contributed by atoms with E-state index < -0.39 is 41.7 Å². The predicted octanol–water partition coefficient (Wildman–Crippen LogP) is 2.30. The van der Waals surface area contributed by atoms with Gasteiger partial charge < -0.3 is 29.7 Å². The molecule has 10 heteroatoms. The summed E-state index contributed by atoms with van der Waals surface area (Å²) in [5, 5.41) is 12.5. The van der Waals surface area contributed by atoms with Gasteiger partial charge in [-0.25, -0.2) is 0 Å². The molecule has 4 heterocycles. The van der Waals surface area contributed by atoms with Crippen LogP contribution in [0.15, 0.2) is 85.0 Å². The molecule has 0 aromatic heterocycles. The fourth-order valence-corrected chi connectivity index (χ4v) is 6.88. The van der Waals surface area contributed by atoms with Crippen molar-refractivity contribution in [3.63, 3.8) is 0 Å². The molecule has 2 aromatic rings. The summed E-state index contributed by atoms with van der Waals surface area (Å²) >= 11 is 0. The average molecular weight is 600 g/mol. The number of nitrogens with zero attached hydrogens (tertiary/aromatic N) is 2. The number of fused-ring (bicyclic) bond motifs is 2. The second-order valence-corrected chi connectivity index (χ2v) is 11.7. The van der Waals surface area contributed by atoms with Crippen LogP contribution in [0.3, 0.4) is 0 Å². The van der Waals surface area contributed by atoms with Gasteiger partial charge in [-0.3, -0.25) is 19.2 Å². The van der Waals surface area contributed by atoms with Crippen LogP contribution in [0.4, 0.5) is 0 Å². The number of amides is 3. The second-order valence-electron chi connectivity index (χ2n) is 11.7. The summed E-state index contributed by atoms with van der Waals surface area (Å²) in [5.74, 6) is -3.50. The molecule has 2 saturated heterocycles. The number of carbonyl (C=O) groups excluding carboxylic acids is 4. The van der Waals surface area contributed by atoms with Crippen LogP contribution in [0.1, 0.15) is 36.5 Å². The van der Waals surface area contributed by atoms with Crippen molar-refractivity contribution in [2.24, 2.45) is 11.8 Å². The van der Waals surface area contributed by atoms with Gasteiger partial charge in [0, 0.05) is 32.7 Å². The molecule has 1 spiro atoms. The number of hydrogen-bond donors (Lipinski definition) is 2. The first-order valence-electron chi connectivity index (χ1n) is 15.2. The fourth-order valence-electron chi connectivity index (χ4n) is 6.88. The summed E-state index contributed by atoms with van der Waals surface area (Å²) in [5.41, 5.74) is 0.244. The monoisotopic (exact) mass is 599 g/mol. The number of ether oxygens (including phenoxy) is 2. The van der Waals surface area contributed by atoms with Crippen molar-refractivity contribution in [3.8, 4) is 0 Å². The van der Waals surface area contributed by atoms with Gasteiger partial charge in [-0.15, -0.1) is 0 Å². The lowest BCUT2D eigenvalue weighted by molar-refractivity contribution is -0.160. The molecule has 6 rings (SSSR count). The molecule has 4 aliphatic heterocycles. The van der Waals surface area contributed by atoms with Gasteiger partial charge in [-0.2, -0.15) is 0 Å². The minimum atomic E-state index is -1.41. The van der Waals surface area contributed by atoms with Gasteiger partial charge in [0.15, 0.2) is 0 Å². The number of aliphatic hydroxyl groups is 1. The molecule has 0 bridgehead atoms. The second kappa shape index (κ2) is 12.8. The topological polar surface area (TPSA) is 125 Å². The molecule has 6 atom stereocenters. The lowest BCUT2D eigenvalue weighted by atomic mass is 9.78. The Hall–Kier alpha value is -4.28. The molecule has 2 fully saturated rings. The van der Waals surface area contributed by atoms with Gasteiger partial charge >= 0.3 is 5.97 Å². The van der Waals surface area contributed by atoms with Crippen LogP contribution < -0.4 is 5.32 Å². The highest BCUT2D eigenvalue weighted by atomic mass is 16.6. The largest absolute Gasteiger partial charge is 0.455 e. The number of benzene rings is 2. The van der Waals surface area contributed by atoms with E-state index in [0.29, 0.717) is 25.1 Å². The van der Waals surface area contributed by atoms with Crippen LogP contribution in [0, 0.1) is 11.8 Å². The number of esters is 1. The molecule has 44 heavy (non-hydrogen) atoms. The quantitative estimate of drug-likeness (QED) is 0.386. The van der Waals surface area contributed by atoms with Crippen LogP contribution in [0.25, 0.3) is 0 Å². The van der Waals surface area contributed by atoms with Gasteiger partial charge in [0.1, 0.15) is 23.7 Å². The van der Waals surface area contributed by atoms with Crippen molar-refractivity contribution < 1.29 is 33.8 Å².